The molecule has 2 heterocycles. The Hall–Kier alpha value is -3.12. The van der Waals surface area contributed by atoms with Crippen molar-refractivity contribution in [3.8, 4) is 0 Å². The van der Waals surface area contributed by atoms with Crippen LogP contribution in [0.25, 0.3) is 5.82 Å². The van der Waals surface area contributed by atoms with Crippen LogP contribution in [0.15, 0.2) is 71.0 Å². The molecule has 0 radical (unpaired) electrons. The normalized spacial score (nSPS) is 14.2. The molecule has 1 amide bonds. The average molecular weight is 391 g/mol. The van der Waals surface area contributed by atoms with Gasteiger partial charge in [0, 0.05) is 11.4 Å². The van der Waals surface area contributed by atoms with Crippen molar-refractivity contribution >= 4 is 34.4 Å². The van der Waals surface area contributed by atoms with Gasteiger partial charge in [0.15, 0.2) is 0 Å². The number of fused-ring (bicyclic) bond motifs is 1. The molecule has 142 valence electrons. The summed E-state index contributed by atoms with van der Waals surface area (Å²) in [6, 6.07) is 19.6. The smallest absolute Gasteiger partial charge is 0.231 e. The van der Waals surface area contributed by atoms with E-state index in [1.54, 1.807) is 11.3 Å². The van der Waals surface area contributed by atoms with Gasteiger partial charge in [-0.05, 0) is 47.7 Å². The zero-order chi connectivity index (χ0) is 19.5. The first-order valence-electron chi connectivity index (χ1n) is 9.28. The van der Waals surface area contributed by atoms with Gasteiger partial charge in [0.25, 0.3) is 0 Å². The monoisotopic (exact) mass is 390 g/mol. The van der Waals surface area contributed by atoms with E-state index in [4.69, 9.17) is 5.73 Å². The number of anilines is 2. The molecule has 0 fully saturated rings. The predicted molar refractivity (Wildman–Crippen MR) is 115 cm³/mol. The molecule has 3 aromatic rings. The lowest BCUT2D eigenvalue weighted by Gasteiger charge is -2.25. The first-order chi connectivity index (χ1) is 13.7. The van der Waals surface area contributed by atoms with Gasteiger partial charge in [0.1, 0.15) is 17.2 Å². The molecule has 1 aliphatic rings. The van der Waals surface area contributed by atoms with Gasteiger partial charge in [-0.3, -0.25) is 9.79 Å². The van der Waals surface area contributed by atoms with Crippen LogP contribution in [-0.2, 0) is 4.79 Å². The van der Waals surface area contributed by atoms with Crippen LogP contribution in [0.1, 0.15) is 24.8 Å². The Bertz CT molecular complexity index is 1090. The lowest BCUT2D eigenvalue weighted by atomic mass is 9.95. The van der Waals surface area contributed by atoms with E-state index < -0.39 is 0 Å². The molecule has 1 aromatic heterocycles. The standard InChI is InChI=1S/C22H22N4OS/c1-2-18(15-6-4-3-5-7-15)21(27)25-16-8-10-17(11-9-16)26-14-24-22-19(20(26)23)12-13-28-22/h3-13,18H,2,14,23H2,1H3,(H,25,27). The van der Waals surface area contributed by atoms with Crippen molar-refractivity contribution in [3.63, 3.8) is 0 Å². The molecular formula is C22H22N4OS. The summed E-state index contributed by atoms with van der Waals surface area (Å²) in [5.74, 6) is 0.546. The molecule has 28 heavy (non-hydrogen) atoms. The fourth-order valence-electron chi connectivity index (χ4n) is 3.41. The SMILES string of the molecule is CCC(C(=O)Nc1ccc(N2CN=c3sccc3=C2N)cc1)c1ccccc1. The summed E-state index contributed by atoms with van der Waals surface area (Å²) in [4.78, 5) is 19.3. The van der Waals surface area contributed by atoms with Gasteiger partial charge >= 0.3 is 0 Å². The highest BCUT2D eigenvalue weighted by atomic mass is 32.1. The Morgan fingerprint density at radius 2 is 1.93 bits per heavy atom. The van der Waals surface area contributed by atoms with Crippen LogP contribution in [-0.4, -0.2) is 12.6 Å². The number of nitrogens with one attached hydrogen (secondary N) is 1. The Kier molecular flexibility index (Phi) is 5.12. The van der Waals surface area contributed by atoms with Gasteiger partial charge in [0.2, 0.25) is 5.91 Å². The van der Waals surface area contributed by atoms with Gasteiger partial charge < -0.3 is 16.0 Å². The van der Waals surface area contributed by atoms with Crippen molar-refractivity contribution in [2.75, 3.05) is 16.9 Å². The quantitative estimate of drug-likeness (QED) is 0.704. The van der Waals surface area contributed by atoms with Crippen LogP contribution in [0, 0.1) is 0 Å². The second-order valence-electron chi connectivity index (χ2n) is 6.66. The van der Waals surface area contributed by atoms with Crippen molar-refractivity contribution in [2.24, 2.45) is 10.7 Å². The van der Waals surface area contributed by atoms with Gasteiger partial charge in [0.05, 0.1) is 11.1 Å². The molecule has 0 aliphatic carbocycles. The molecule has 0 saturated carbocycles. The first kappa shape index (κ1) is 18.3. The number of hydrogen-bond donors (Lipinski definition) is 2. The summed E-state index contributed by atoms with van der Waals surface area (Å²) in [7, 11) is 0. The third kappa shape index (κ3) is 3.51. The van der Waals surface area contributed by atoms with Gasteiger partial charge in [-0.15, -0.1) is 11.3 Å². The van der Waals surface area contributed by atoms with E-state index in [0.717, 1.165) is 33.2 Å². The van der Waals surface area contributed by atoms with E-state index >= 15 is 0 Å². The lowest BCUT2D eigenvalue weighted by Crippen LogP contribution is -2.41. The average Bonchev–Trinajstić information content (AvgIpc) is 3.20. The zero-order valence-corrected chi connectivity index (χ0v) is 16.4. The molecule has 5 nitrogen and oxygen atoms in total. The van der Waals surface area contributed by atoms with Gasteiger partial charge in [-0.1, -0.05) is 37.3 Å². The van der Waals surface area contributed by atoms with Crippen LogP contribution in [0.2, 0.25) is 0 Å². The van der Waals surface area contributed by atoms with E-state index in [9.17, 15) is 4.79 Å². The summed E-state index contributed by atoms with van der Waals surface area (Å²) in [5, 5.41) is 6.00. The molecule has 6 heteroatoms. The van der Waals surface area contributed by atoms with Crippen LogP contribution in [0.3, 0.4) is 0 Å². The third-order valence-electron chi connectivity index (χ3n) is 4.94. The molecular weight excluding hydrogens is 368 g/mol. The minimum absolute atomic E-state index is 0.00316. The largest absolute Gasteiger partial charge is 0.384 e. The highest BCUT2D eigenvalue weighted by Crippen LogP contribution is 2.24. The highest BCUT2D eigenvalue weighted by molar-refractivity contribution is 7.07. The summed E-state index contributed by atoms with van der Waals surface area (Å²) < 4.78 is 0.976. The summed E-state index contributed by atoms with van der Waals surface area (Å²) in [6.07, 6.45) is 0.748. The van der Waals surface area contributed by atoms with E-state index in [1.807, 2.05) is 77.9 Å². The lowest BCUT2D eigenvalue weighted by molar-refractivity contribution is -0.117. The summed E-state index contributed by atoms with van der Waals surface area (Å²) in [5.41, 5.74) is 9.08. The Morgan fingerprint density at radius 3 is 2.64 bits per heavy atom. The predicted octanol–water partition coefficient (Wildman–Crippen LogP) is 3.00. The number of rotatable bonds is 5. The number of amides is 1. The van der Waals surface area contributed by atoms with Gasteiger partial charge in [-0.25, -0.2) is 0 Å². The Morgan fingerprint density at radius 1 is 1.18 bits per heavy atom. The second-order valence-corrected chi connectivity index (χ2v) is 7.55. The second kappa shape index (κ2) is 7.86. The van der Waals surface area contributed by atoms with Crippen molar-refractivity contribution in [1.82, 2.24) is 0 Å². The molecule has 3 N–H and O–H groups in total. The van der Waals surface area contributed by atoms with Crippen molar-refractivity contribution in [3.05, 3.63) is 81.5 Å². The number of carbonyl (C=O) groups excluding carboxylic acids is 1. The van der Waals surface area contributed by atoms with Gasteiger partial charge in [-0.2, -0.15) is 0 Å². The van der Waals surface area contributed by atoms with Crippen LogP contribution < -0.4 is 25.8 Å². The number of benzene rings is 2. The highest BCUT2D eigenvalue weighted by Gasteiger charge is 2.19. The fourth-order valence-corrected chi connectivity index (χ4v) is 4.17. The maximum absolute atomic E-state index is 12.7. The maximum atomic E-state index is 12.7. The summed E-state index contributed by atoms with van der Waals surface area (Å²) >= 11 is 1.60. The molecule has 1 unspecified atom stereocenters. The number of nitrogens with zero attached hydrogens (tertiary/aromatic N) is 2. The van der Waals surface area contributed by atoms with Crippen molar-refractivity contribution in [2.45, 2.75) is 19.3 Å². The molecule has 1 atom stereocenters. The fraction of sp³-hybridized carbons (Fsp3) is 0.182. The van der Waals surface area contributed by atoms with Crippen LogP contribution in [0.4, 0.5) is 11.4 Å². The van der Waals surface area contributed by atoms with E-state index in [0.29, 0.717) is 12.5 Å². The third-order valence-corrected chi connectivity index (χ3v) is 5.78. The first-order valence-corrected chi connectivity index (χ1v) is 10.2. The zero-order valence-electron chi connectivity index (χ0n) is 15.6. The molecule has 2 aromatic carbocycles. The number of thiophene rings is 1. The summed E-state index contributed by atoms with van der Waals surface area (Å²) in [6.45, 7) is 2.52. The van der Waals surface area contributed by atoms with E-state index in [-0.39, 0.29) is 11.8 Å². The molecule has 0 saturated heterocycles. The molecule has 4 rings (SSSR count). The molecule has 0 spiro atoms. The van der Waals surface area contributed by atoms with Crippen LogP contribution >= 0.6 is 11.3 Å². The number of hydrogen-bond acceptors (Lipinski definition) is 5. The van der Waals surface area contributed by atoms with Crippen molar-refractivity contribution in [1.29, 1.82) is 0 Å². The van der Waals surface area contributed by atoms with Crippen LogP contribution in [0.5, 0.6) is 0 Å². The maximum Gasteiger partial charge on any atom is 0.231 e. The molecule has 0 bridgehead atoms. The number of nitrogens with two attached hydrogens (primary N) is 1. The minimum atomic E-state index is -0.164. The van der Waals surface area contributed by atoms with E-state index in [1.165, 1.54) is 0 Å². The Balaban J connectivity index is 1.50. The van der Waals surface area contributed by atoms with Crippen molar-refractivity contribution < 1.29 is 4.79 Å². The Labute approximate surface area is 167 Å². The topological polar surface area (TPSA) is 70.7 Å². The minimum Gasteiger partial charge on any atom is -0.384 e. The number of carbonyl (C=O) groups is 1. The molecule has 1 aliphatic heterocycles. The van der Waals surface area contributed by atoms with E-state index in [2.05, 4.69) is 10.3 Å².